The van der Waals surface area contributed by atoms with Crippen molar-refractivity contribution in [3.05, 3.63) is 99.6 Å². The van der Waals surface area contributed by atoms with Crippen molar-refractivity contribution in [1.29, 1.82) is 0 Å². The molecule has 7 heteroatoms. The van der Waals surface area contributed by atoms with Crippen LogP contribution in [0.25, 0.3) is 5.65 Å². The molecule has 0 radical (unpaired) electrons. The zero-order valence-corrected chi connectivity index (χ0v) is 17.3. The molecular weight excluding hydrogens is 390 g/mol. The molecule has 0 unspecified atom stereocenters. The number of rotatable bonds is 4. The first-order valence-corrected chi connectivity index (χ1v) is 10.3. The van der Waals surface area contributed by atoms with E-state index in [0.29, 0.717) is 23.4 Å². The lowest BCUT2D eigenvalue weighted by Gasteiger charge is -2.29. The Morgan fingerprint density at radius 3 is 2.52 bits per heavy atom. The van der Waals surface area contributed by atoms with Gasteiger partial charge in [-0.3, -0.25) is 14.5 Å². The number of amides is 1. The number of hydrogen-bond donors (Lipinski definition) is 1. The van der Waals surface area contributed by atoms with Gasteiger partial charge in [0, 0.05) is 44.5 Å². The van der Waals surface area contributed by atoms with Crippen molar-refractivity contribution in [2.24, 2.45) is 7.05 Å². The van der Waals surface area contributed by atoms with Crippen LogP contribution in [-0.4, -0.2) is 31.5 Å². The van der Waals surface area contributed by atoms with Crippen LogP contribution >= 0.6 is 0 Å². The number of aryl methyl sites for hydroxylation is 1. The molecule has 1 amide bonds. The molecule has 2 aromatic carbocycles. The average Bonchev–Trinajstić information content (AvgIpc) is 3.25. The molecule has 156 valence electrons. The summed E-state index contributed by atoms with van der Waals surface area (Å²) >= 11 is 0. The Labute approximate surface area is 179 Å². The van der Waals surface area contributed by atoms with Gasteiger partial charge < -0.3 is 9.88 Å². The third-order valence-electron chi connectivity index (χ3n) is 5.84. The van der Waals surface area contributed by atoms with Gasteiger partial charge in [-0.05, 0) is 17.7 Å². The fourth-order valence-corrected chi connectivity index (χ4v) is 4.30. The van der Waals surface area contributed by atoms with E-state index in [9.17, 15) is 9.59 Å². The first-order valence-electron chi connectivity index (χ1n) is 10.3. The molecule has 31 heavy (non-hydrogen) atoms. The quantitative estimate of drug-likeness (QED) is 0.559. The maximum atomic E-state index is 13.2. The number of para-hydroxylation sites is 1. The summed E-state index contributed by atoms with van der Waals surface area (Å²) in [6, 6.07) is 19.5. The van der Waals surface area contributed by atoms with Crippen LogP contribution in [-0.2, 0) is 26.6 Å². The van der Waals surface area contributed by atoms with E-state index in [4.69, 9.17) is 0 Å². The highest BCUT2D eigenvalue weighted by molar-refractivity contribution is 6.08. The highest BCUT2D eigenvalue weighted by Gasteiger charge is 2.26. The molecule has 1 aliphatic rings. The van der Waals surface area contributed by atoms with E-state index in [2.05, 4.69) is 27.4 Å². The van der Waals surface area contributed by atoms with E-state index in [1.165, 1.54) is 16.3 Å². The van der Waals surface area contributed by atoms with Crippen LogP contribution in [0, 0.1) is 0 Å². The number of anilines is 1. The van der Waals surface area contributed by atoms with E-state index in [0.717, 1.165) is 30.8 Å². The number of nitrogens with one attached hydrogen (secondary N) is 1. The second-order valence-electron chi connectivity index (χ2n) is 7.85. The third kappa shape index (κ3) is 3.53. The Bertz CT molecular complexity index is 1310. The fourth-order valence-electron chi connectivity index (χ4n) is 4.30. The summed E-state index contributed by atoms with van der Waals surface area (Å²) in [5.41, 5.74) is 4.40. The summed E-state index contributed by atoms with van der Waals surface area (Å²) in [7, 11) is 1.90. The highest BCUT2D eigenvalue weighted by Crippen LogP contribution is 2.21. The Balaban J connectivity index is 1.49. The number of carbonyl (C=O) groups excluding carboxylic acids is 1. The zero-order chi connectivity index (χ0) is 21.4. The number of aromatic nitrogens is 3. The standard InChI is InChI=1S/C24H23N5O2/c1-27-21-12-13-28(15-17-8-4-2-5-9-17)16-20(21)24(31)29-23(27)19(14-25-29)22(30)26-18-10-6-3-7-11-18/h2-11,14H,12-13,15-16H2,1H3,(H,26,30). The zero-order valence-electron chi connectivity index (χ0n) is 17.3. The van der Waals surface area contributed by atoms with Gasteiger partial charge in [0.1, 0.15) is 5.56 Å². The van der Waals surface area contributed by atoms with Crippen LogP contribution < -0.4 is 10.9 Å². The third-order valence-corrected chi connectivity index (χ3v) is 5.84. The van der Waals surface area contributed by atoms with Crippen LogP contribution in [0.3, 0.4) is 0 Å². The van der Waals surface area contributed by atoms with Crippen molar-refractivity contribution >= 4 is 17.2 Å². The van der Waals surface area contributed by atoms with E-state index in [-0.39, 0.29) is 11.5 Å². The molecule has 0 saturated carbocycles. The minimum atomic E-state index is -0.280. The molecule has 7 nitrogen and oxygen atoms in total. The second-order valence-corrected chi connectivity index (χ2v) is 7.85. The fraction of sp³-hybridized carbons (Fsp3) is 0.208. The second kappa shape index (κ2) is 7.85. The van der Waals surface area contributed by atoms with Gasteiger partial charge in [0.05, 0.1) is 11.8 Å². The van der Waals surface area contributed by atoms with Crippen molar-refractivity contribution in [2.75, 3.05) is 11.9 Å². The van der Waals surface area contributed by atoms with Crippen LogP contribution in [0.5, 0.6) is 0 Å². The molecule has 0 fully saturated rings. The molecule has 5 rings (SSSR count). The van der Waals surface area contributed by atoms with Gasteiger partial charge in [0.15, 0.2) is 5.65 Å². The molecule has 1 aliphatic heterocycles. The van der Waals surface area contributed by atoms with Crippen LogP contribution in [0.4, 0.5) is 5.69 Å². The summed E-state index contributed by atoms with van der Waals surface area (Å²) < 4.78 is 3.30. The maximum absolute atomic E-state index is 13.2. The number of carbonyl (C=O) groups is 1. The minimum absolute atomic E-state index is 0.153. The van der Waals surface area contributed by atoms with Crippen molar-refractivity contribution in [3.8, 4) is 0 Å². The normalized spacial score (nSPS) is 13.8. The van der Waals surface area contributed by atoms with Crippen molar-refractivity contribution in [3.63, 3.8) is 0 Å². The number of fused-ring (bicyclic) bond motifs is 2. The lowest BCUT2D eigenvalue weighted by atomic mass is 10.1. The van der Waals surface area contributed by atoms with Gasteiger partial charge >= 0.3 is 0 Å². The van der Waals surface area contributed by atoms with Crippen LogP contribution in [0.15, 0.2) is 71.7 Å². The molecular formula is C24H23N5O2. The van der Waals surface area contributed by atoms with Gasteiger partial charge in [-0.2, -0.15) is 9.61 Å². The molecule has 0 bridgehead atoms. The maximum Gasteiger partial charge on any atom is 0.279 e. The van der Waals surface area contributed by atoms with Gasteiger partial charge in [-0.25, -0.2) is 0 Å². The molecule has 0 spiro atoms. The van der Waals surface area contributed by atoms with Crippen molar-refractivity contribution < 1.29 is 4.79 Å². The minimum Gasteiger partial charge on any atom is -0.332 e. The number of hydrogen-bond acceptors (Lipinski definition) is 4. The molecule has 3 heterocycles. The first-order chi connectivity index (χ1) is 15.1. The topological polar surface area (TPSA) is 71.6 Å². The van der Waals surface area contributed by atoms with Gasteiger partial charge in [0.2, 0.25) is 0 Å². The monoisotopic (exact) mass is 413 g/mol. The lowest BCUT2D eigenvalue weighted by Crippen LogP contribution is -2.38. The molecule has 4 aromatic rings. The molecule has 0 saturated heterocycles. The predicted molar refractivity (Wildman–Crippen MR) is 119 cm³/mol. The van der Waals surface area contributed by atoms with E-state index in [1.54, 1.807) is 0 Å². The summed E-state index contributed by atoms with van der Waals surface area (Å²) in [6.45, 7) is 2.22. The van der Waals surface area contributed by atoms with Gasteiger partial charge in [-0.1, -0.05) is 48.5 Å². The summed E-state index contributed by atoms with van der Waals surface area (Å²) in [5.74, 6) is -0.280. The summed E-state index contributed by atoms with van der Waals surface area (Å²) in [6.07, 6.45) is 2.22. The molecule has 2 aromatic heterocycles. The Morgan fingerprint density at radius 1 is 1.06 bits per heavy atom. The lowest BCUT2D eigenvalue weighted by molar-refractivity contribution is 0.102. The van der Waals surface area contributed by atoms with E-state index < -0.39 is 0 Å². The Kier molecular flexibility index (Phi) is 4.88. The highest BCUT2D eigenvalue weighted by atomic mass is 16.2. The van der Waals surface area contributed by atoms with Crippen molar-refractivity contribution in [1.82, 2.24) is 19.1 Å². The average molecular weight is 413 g/mol. The molecule has 0 atom stereocenters. The summed E-state index contributed by atoms with van der Waals surface area (Å²) in [4.78, 5) is 28.4. The number of benzene rings is 2. The summed E-state index contributed by atoms with van der Waals surface area (Å²) in [5, 5.41) is 7.14. The largest absolute Gasteiger partial charge is 0.332 e. The predicted octanol–water partition coefficient (Wildman–Crippen LogP) is 2.84. The van der Waals surface area contributed by atoms with E-state index in [1.807, 2.05) is 60.1 Å². The van der Waals surface area contributed by atoms with Crippen LogP contribution in [0.2, 0.25) is 0 Å². The Hall–Kier alpha value is -3.71. The molecule has 1 N–H and O–H groups in total. The first kappa shape index (κ1) is 19.3. The van der Waals surface area contributed by atoms with Crippen LogP contribution in [0.1, 0.15) is 27.2 Å². The van der Waals surface area contributed by atoms with Crippen molar-refractivity contribution in [2.45, 2.75) is 19.5 Å². The SMILES string of the molecule is Cn1c2c(c(=O)n3ncc(C(=O)Nc4ccccc4)c13)CN(Cc1ccccc1)CC2. The molecule has 0 aliphatic carbocycles. The van der Waals surface area contributed by atoms with E-state index >= 15 is 0 Å². The van der Waals surface area contributed by atoms with Gasteiger partial charge in [0.25, 0.3) is 11.5 Å². The van der Waals surface area contributed by atoms with Gasteiger partial charge in [-0.15, -0.1) is 0 Å². The number of nitrogens with zero attached hydrogens (tertiary/aromatic N) is 4. The Morgan fingerprint density at radius 2 is 1.77 bits per heavy atom. The smallest absolute Gasteiger partial charge is 0.279 e.